The van der Waals surface area contributed by atoms with Crippen LogP contribution in [0.15, 0.2) is 27.9 Å². The maximum Gasteiger partial charge on any atom is 0.294 e. The first-order valence-corrected chi connectivity index (χ1v) is 15.3. The molecule has 3 rings (SSSR count). The lowest BCUT2D eigenvalue weighted by Crippen LogP contribution is -2.52. The number of aromatic nitrogens is 2. The van der Waals surface area contributed by atoms with Crippen molar-refractivity contribution in [3.63, 3.8) is 0 Å². The molecule has 1 aliphatic heterocycles. The van der Waals surface area contributed by atoms with Crippen molar-refractivity contribution in [1.82, 2.24) is 14.3 Å². The van der Waals surface area contributed by atoms with E-state index in [9.17, 15) is 19.1 Å². The molecule has 228 valence electrons. The van der Waals surface area contributed by atoms with Crippen molar-refractivity contribution in [1.29, 1.82) is 5.41 Å². The predicted molar refractivity (Wildman–Crippen MR) is 158 cm³/mol. The van der Waals surface area contributed by atoms with Crippen LogP contribution in [0.1, 0.15) is 77.5 Å². The Kier molecular flexibility index (Phi) is 14.6. The second kappa shape index (κ2) is 17.6. The quantitative estimate of drug-likeness (QED) is 0.121. The summed E-state index contributed by atoms with van der Waals surface area (Å²) in [6.07, 6.45) is 4.99. The molecular weight excluding hydrogens is 550 g/mol. The van der Waals surface area contributed by atoms with Crippen molar-refractivity contribution < 1.29 is 23.6 Å². The maximum absolute atomic E-state index is 13.2. The van der Waals surface area contributed by atoms with Gasteiger partial charge in [-0.25, -0.2) is 13.5 Å². The monoisotopic (exact) mass is 593 g/mol. The van der Waals surface area contributed by atoms with Crippen LogP contribution in [0.3, 0.4) is 0 Å². The fraction of sp³-hybridized carbons (Fsp3) is 0.607. The molecule has 1 fully saturated rings. The summed E-state index contributed by atoms with van der Waals surface area (Å²) in [6.45, 7) is 11.7. The smallest absolute Gasteiger partial charge is 0.294 e. The summed E-state index contributed by atoms with van der Waals surface area (Å²) in [5.41, 5.74) is 1.20. The zero-order valence-electron chi connectivity index (χ0n) is 24.7. The maximum atomic E-state index is 13.2. The Morgan fingerprint density at radius 1 is 1.17 bits per heavy atom. The predicted octanol–water partition coefficient (Wildman–Crippen LogP) is 4.83. The van der Waals surface area contributed by atoms with Crippen molar-refractivity contribution in [2.45, 2.75) is 84.1 Å². The standard InChI is InChI=1S/C24H33N5O7S.C4H10/c1-4-8-20(25)22-16(3)24(30)27-23(26-22)19-13-18(9-10-21(19)34-5-2)37(33)28-14-17(15-28)35-11-6-7-12-36-29(31)32;1-3-4-2/h9-10,13,17,25H,4-8,11-12,14-15H2,1-3H3,(H,26,27,30);3-4H2,1-2H3. The Morgan fingerprint density at radius 3 is 2.46 bits per heavy atom. The van der Waals surface area contributed by atoms with Crippen LogP contribution in [0.5, 0.6) is 5.75 Å². The highest BCUT2D eigenvalue weighted by atomic mass is 32.2. The normalized spacial score (nSPS) is 14.0. The first kappa shape index (κ1) is 34.0. The van der Waals surface area contributed by atoms with E-state index in [-0.39, 0.29) is 24.1 Å². The van der Waals surface area contributed by atoms with Crippen LogP contribution in [-0.2, 0) is 20.6 Å². The first-order chi connectivity index (χ1) is 19.7. The number of benzene rings is 1. The molecule has 12 nitrogen and oxygen atoms in total. The number of nitrogens with one attached hydrogen (secondary N) is 2. The number of rotatable bonds is 16. The molecule has 0 bridgehead atoms. The minimum atomic E-state index is -1.46. The fourth-order valence-electron chi connectivity index (χ4n) is 3.79. The molecule has 1 atom stereocenters. The van der Waals surface area contributed by atoms with Gasteiger partial charge in [-0.15, -0.1) is 10.1 Å². The van der Waals surface area contributed by atoms with Crippen molar-refractivity contribution in [2.75, 3.05) is 32.9 Å². The van der Waals surface area contributed by atoms with Crippen LogP contribution in [-0.4, -0.2) is 68.3 Å². The number of hydrogen-bond acceptors (Lipinski definition) is 9. The number of ether oxygens (including phenoxy) is 2. The zero-order valence-corrected chi connectivity index (χ0v) is 25.5. The number of aromatic amines is 1. The first-order valence-electron chi connectivity index (χ1n) is 14.2. The van der Waals surface area contributed by atoms with Crippen LogP contribution in [0, 0.1) is 22.4 Å². The topological polar surface area (TPSA) is 161 Å². The molecule has 1 unspecified atom stereocenters. The van der Waals surface area contributed by atoms with Gasteiger partial charge in [0.15, 0.2) is 0 Å². The Morgan fingerprint density at radius 2 is 1.85 bits per heavy atom. The number of H-pyrrole nitrogens is 1. The van der Waals surface area contributed by atoms with Gasteiger partial charge in [-0.05, 0) is 51.3 Å². The van der Waals surface area contributed by atoms with Gasteiger partial charge >= 0.3 is 0 Å². The van der Waals surface area contributed by atoms with Gasteiger partial charge < -0.3 is 24.7 Å². The summed E-state index contributed by atoms with van der Waals surface area (Å²) < 4.78 is 26.5. The summed E-state index contributed by atoms with van der Waals surface area (Å²) in [4.78, 5) is 35.0. The van der Waals surface area contributed by atoms with Gasteiger partial charge in [0.1, 0.15) is 22.6 Å². The summed E-state index contributed by atoms with van der Waals surface area (Å²) in [5, 5.41) is 17.7. The molecule has 0 amide bonds. The number of hydrogen-bond donors (Lipinski definition) is 2. The molecule has 41 heavy (non-hydrogen) atoms. The Labute approximate surface area is 244 Å². The second-order valence-electron chi connectivity index (χ2n) is 9.56. The summed E-state index contributed by atoms with van der Waals surface area (Å²) in [6, 6.07) is 5.13. The van der Waals surface area contributed by atoms with Crippen LogP contribution < -0.4 is 10.3 Å². The lowest BCUT2D eigenvalue weighted by atomic mass is 10.1. The van der Waals surface area contributed by atoms with E-state index in [0.717, 1.165) is 6.42 Å². The zero-order chi connectivity index (χ0) is 30.4. The van der Waals surface area contributed by atoms with Crippen LogP contribution >= 0.6 is 0 Å². The Hall–Kier alpha value is -3.16. The van der Waals surface area contributed by atoms with Gasteiger partial charge in [0.05, 0.1) is 41.2 Å². The van der Waals surface area contributed by atoms with Gasteiger partial charge in [0.25, 0.3) is 10.6 Å². The third-order valence-corrected chi connectivity index (χ3v) is 7.71. The van der Waals surface area contributed by atoms with Crippen LogP contribution in [0.25, 0.3) is 11.4 Å². The van der Waals surface area contributed by atoms with Gasteiger partial charge in [0.2, 0.25) is 0 Å². The van der Waals surface area contributed by atoms with E-state index < -0.39 is 16.1 Å². The molecule has 1 aromatic carbocycles. The van der Waals surface area contributed by atoms with Crippen molar-refractivity contribution in [2.24, 2.45) is 0 Å². The van der Waals surface area contributed by atoms with E-state index in [0.29, 0.717) is 78.7 Å². The second-order valence-corrected chi connectivity index (χ2v) is 11.0. The molecule has 13 heteroatoms. The average Bonchev–Trinajstić information content (AvgIpc) is 2.93. The molecule has 0 radical (unpaired) electrons. The molecular formula is C28H43N5O7S. The molecule has 1 aliphatic rings. The largest absolute Gasteiger partial charge is 0.493 e. The van der Waals surface area contributed by atoms with Crippen molar-refractivity contribution in [3.8, 4) is 17.1 Å². The molecule has 2 aromatic rings. The average molecular weight is 594 g/mol. The molecule has 2 heterocycles. The highest BCUT2D eigenvalue weighted by molar-refractivity contribution is 7.82. The molecule has 0 spiro atoms. The van der Waals surface area contributed by atoms with E-state index in [2.05, 4.69) is 28.7 Å². The molecule has 1 saturated heterocycles. The minimum Gasteiger partial charge on any atom is -0.493 e. The Balaban J connectivity index is 0.00000138. The third-order valence-electron chi connectivity index (χ3n) is 6.28. The molecule has 2 N–H and O–H groups in total. The number of nitrogens with zero attached hydrogens (tertiary/aromatic N) is 3. The number of unbranched alkanes of at least 4 members (excludes halogenated alkanes) is 2. The summed E-state index contributed by atoms with van der Waals surface area (Å²) in [5.74, 6) is 0.758. The molecule has 0 aliphatic carbocycles. The van der Waals surface area contributed by atoms with Crippen molar-refractivity contribution in [3.05, 3.63) is 49.9 Å². The SMILES string of the molecule is CCCC.CCCC(=N)c1nc(-c2cc(S(=O)N3CC(OCCCCO[N+](=O)[O-])C3)ccc2OCC)[nH]c(=O)c1C. The summed E-state index contributed by atoms with van der Waals surface area (Å²) >= 11 is 0. The van der Waals surface area contributed by atoms with Crippen molar-refractivity contribution >= 4 is 16.7 Å². The minimum absolute atomic E-state index is 0.0413. The van der Waals surface area contributed by atoms with E-state index >= 15 is 0 Å². The van der Waals surface area contributed by atoms with E-state index in [1.807, 2.05) is 13.8 Å². The van der Waals surface area contributed by atoms with Gasteiger partial charge in [-0.1, -0.05) is 40.0 Å². The molecule has 0 saturated carbocycles. The third kappa shape index (κ3) is 10.3. The molecule has 1 aromatic heterocycles. The lowest BCUT2D eigenvalue weighted by molar-refractivity contribution is -0.757. The highest BCUT2D eigenvalue weighted by Crippen LogP contribution is 2.31. The highest BCUT2D eigenvalue weighted by Gasteiger charge is 2.32. The van der Waals surface area contributed by atoms with Gasteiger partial charge in [-0.3, -0.25) is 4.79 Å². The van der Waals surface area contributed by atoms with Gasteiger partial charge in [0, 0.05) is 25.3 Å². The van der Waals surface area contributed by atoms with Crippen LogP contribution in [0.4, 0.5) is 0 Å². The van der Waals surface area contributed by atoms with E-state index in [1.165, 1.54) is 12.8 Å². The lowest BCUT2D eigenvalue weighted by Gasteiger charge is -2.37. The Bertz CT molecular complexity index is 1230. The van der Waals surface area contributed by atoms with E-state index in [4.69, 9.17) is 14.9 Å². The van der Waals surface area contributed by atoms with Gasteiger partial charge in [-0.2, -0.15) is 0 Å². The summed E-state index contributed by atoms with van der Waals surface area (Å²) in [7, 11) is -1.46. The fourth-order valence-corrected chi connectivity index (χ4v) is 5.09. The van der Waals surface area contributed by atoms with E-state index in [1.54, 1.807) is 29.4 Å². The van der Waals surface area contributed by atoms with Crippen LogP contribution in [0.2, 0.25) is 0 Å².